The van der Waals surface area contributed by atoms with Gasteiger partial charge in [0, 0.05) is 6.92 Å². The number of fused-ring (bicyclic) bond motifs is 1. The Labute approximate surface area is 78.2 Å². The minimum absolute atomic E-state index is 0.00944. The summed E-state index contributed by atoms with van der Waals surface area (Å²) in [6.07, 6.45) is 1.18. The lowest BCUT2D eigenvalue weighted by molar-refractivity contribution is -0.127. The number of aliphatic imine (C=N–C) groups is 4. The van der Waals surface area contributed by atoms with Gasteiger partial charge in [-0.05, 0) is 0 Å². The molecule has 2 heterocycles. The predicted octanol–water partition coefficient (Wildman–Crippen LogP) is -0.549. The summed E-state index contributed by atoms with van der Waals surface area (Å²) in [5, 5.41) is 0. The fourth-order valence-electron chi connectivity index (χ4n) is 1.06. The van der Waals surface area contributed by atoms with Gasteiger partial charge in [-0.3, -0.25) is 4.79 Å². The summed E-state index contributed by atoms with van der Waals surface area (Å²) in [4.78, 5) is 25.1. The van der Waals surface area contributed by atoms with Gasteiger partial charge >= 0.3 is 5.92 Å². The second kappa shape index (κ2) is 2.53. The Kier molecular flexibility index (Phi) is 1.57. The second-order valence-corrected chi connectivity index (χ2v) is 2.80. The van der Waals surface area contributed by atoms with Gasteiger partial charge in [-0.2, -0.15) is 14.4 Å². The first kappa shape index (κ1) is 8.67. The van der Waals surface area contributed by atoms with Crippen LogP contribution in [0.1, 0.15) is 6.92 Å². The molecule has 72 valence electrons. The van der Waals surface area contributed by atoms with Gasteiger partial charge in [0.1, 0.15) is 6.34 Å². The molecule has 2 aliphatic heterocycles. The highest BCUT2D eigenvalue weighted by atomic mass is 19.1. The molecular weight excluding hydrogens is 189 g/mol. The Balaban J connectivity index is 2.53. The molecule has 1 unspecified atom stereocenters. The van der Waals surface area contributed by atoms with E-state index in [0.29, 0.717) is 0 Å². The highest BCUT2D eigenvalue weighted by Crippen LogP contribution is 2.21. The first-order valence-electron chi connectivity index (χ1n) is 3.79. The smallest absolute Gasteiger partial charge is 0.358 e. The molecular formula is C7H6FN5O. The molecule has 7 heteroatoms. The number of hydrogen-bond donors (Lipinski definition) is 1. The van der Waals surface area contributed by atoms with Crippen LogP contribution < -0.4 is 5.73 Å². The van der Waals surface area contributed by atoms with Crippen LogP contribution in [-0.2, 0) is 4.79 Å². The largest absolute Gasteiger partial charge is 0.382 e. The number of hydrogen-bond acceptors (Lipinski definition) is 6. The van der Waals surface area contributed by atoms with Crippen molar-refractivity contribution < 1.29 is 9.18 Å². The highest BCUT2D eigenvalue weighted by Gasteiger charge is 2.40. The number of rotatable bonds is 1. The summed E-state index contributed by atoms with van der Waals surface area (Å²) in [6.45, 7) is 1.04. The lowest BCUT2D eigenvalue weighted by Crippen LogP contribution is -2.41. The Morgan fingerprint density at radius 1 is 1.57 bits per heavy atom. The average molecular weight is 195 g/mol. The molecule has 1 atom stereocenters. The van der Waals surface area contributed by atoms with E-state index in [1.54, 1.807) is 0 Å². The maximum Gasteiger partial charge on any atom is 0.358 e. The molecule has 0 aromatic heterocycles. The molecule has 2 N–H and O–H groups in total. The molecule has 2 aliphatic rings. The third-order valence-corrected chi connectivity index (χ3v) is 1.79. The third kappa shape index (κ3) is 1.05. The van der Waals surface area contributed by atoms with Crippen molar-refractivity contribution in [1.29, 1.82) is 0 Å². The molecule has 0 spiro atoms. The summed E-state index contributed by atoms with van der Waals surface area (Å²) in [5.74, 6) is -3.63. The normalized spacial score (nSPS) is 29.1. The first-order chi connectivity index (χ1) is 6.53. The highest BCUT2D eigenvalue weighted by molar-refractivity contribution is 6.70. The van der Waals surface area contributed by atoms with Gasteiger partial charge in [0.05, 0.1) is 0 Å². The number of ketones is 1. The van der Waals surface area contributed by atoms with Crippen LogP contribution in [0.15, 0.2) is 20.0 Å². The molecule has 0 saturated heterocycles. The van der Waals surface area contributed by atoms with Crippen molar-refractivity contribution >= 4 is 29.5 Å². The van der Waals surface area contributed by atoms with Gasteiger partial charge in [0.15, 0.2) is 17.4 Å². The zero-order valence-corrected chi connectivity index (χ0v) is 7.23. The summed E-state index contributed by atoms with van der Waals surface area (Å²) < 4.78 is 13.7. The Morgan fingerprint density at radius 3 is 2.93 bits per heavy atom. The van der Waals surface area contributed by atoms with Crippen molar-refractivity contribution in [3.63, 3.8) is 0 Å². The van der Waals surface area contributed by atoms with E-state index in [-0.39, 0.29) is 17.4 Å². The SMILES string of the molecule is CC(=O)C1(F)N=C(N)C2=NC=NC2=N1. The molecule has 0 aliphatic carbocycles. The van der Waals surface area contributed by atoms with Gasteiger partial charge in [-0.1, -0.05) is 0 Å². The van der Waals surface area contributed by atoms with Gasteiger partial charge in [0.25, 0.3) is 0 Å². The number of carbonyl (C=O) groups excluding carboxylic acids is 1. The molecule has 0 saturated carbocycles. The quantitative estimate of drug-likeness (QED) is 0.568. The molecule has 0 aromatic carbocycles. The molecule has 0 aromatic rings. The summed E-state index contributed by atoms with van der Waals surface area (Å²) in [7, 11) is 0. The lowest BCUT2D eigenvalue weighted by Gasteiger charge is -2.18. The second-order valence-electron chi connectivity index (χ2n) is 2.80. The van der Waals surface area contributed by atoms with Gasteiger partial charge in [-0.25, -0.2) is 9.98 Å². The Morgan fingerprint density at radius 2 is 2.29 bits per heavy atom. The van der Waals surface area contributed by atoms with E-state index in [1.807, 2.05) is 0 Å². The molecule has 0 radical (unpaired) electrons. The number of Topliss-reactive ketones (excluding diaryl/α,β-unsaturated/α-hetero) is 1. The monoisotopic (exact) mass is 195 g/mol. The summed E-state index contributed by atoms with van der Waals surface area (Å²) in [6, 6.07) is 0. The van der Waals surface area contributed by atoms with Crippen molar-refractivity contribution in [2.75, 3.05) is 0 Å². The van der Waals surface area contributed by atoms with Crippen LogP contribution in [0.4, 0.5) is 4.39 Å². The van der Waals surface area contributed by atoms with E-state index in [1.165, 1.54) is 6.34 Å². The lowest BCUT2D eigenvalue weighted by atomic mass is 10.2. The van der Waals surface area contributed by atoms with Crippen LogP contribution >= 0.6 is 0 Å². The molecule has 2 rings (SSSR count). The maximum absolute atomic E-state index is 13.7. The van der Waals surface area contributed by atoms with Gasteiger partial charge < -0.3 is 5.73 Å². The van der Waals surface area contributed by atoms with Crippen LogP contribution in [-0.4, -0.2) is 35.4 Å². The predicted molar refractivity (Wildman–Crippen MR) is 49.5 cm³/mol. The summed E-state index contributed by atoms with van der Waals surface area (Å²) >= 11 is 0. The van der Waals surface area contributed by atoms with Crippen molar-refractivity contribution in [3.8, 4) is 0 Å². The van der Waals surface area contributed by atoms with Crippen molar-refractivity contribution in [2.45, 2.75) is 12.8 Å². The number of nitrogens with zero attached hydrogens (tertiary/aromatic N) is 4. The fourth-order valence-corrected chi connectivity index (χ4v) is 1.06. The van der Waals surface area contributed by atoms with E-state index >= 15 is 0 Å². The standard InChI is InChI=1S/C7H6FN5O/c1-3(14)7(8)12-5(9)4-6(13-7)11-2-10-4/h2H,1H3,(H2,9,12). The third-order valence-electron chi connectivity index (χ3n) is 1.79. The van der Waals surface area contributed by atoms with E-state index in [0.717, 1.165) is 6.92 Å². The Hall–Kier alpha value is -1.92. The minimum Gasteiger partial charge on any atom is -0.382 e. The van der Waals surface area contributed by atoms with Crippen LogP contribution in [0.3, 0.4) is 0 Å². The fraction of sp³-hybridized carbons (Fsp3) is 0.286. The molecule has 0 fully saturated rings. The molecule has 6 nitrogen and oxygen atoms in total. The van der Waals surface area contributed by atoms with Crippen molar-refractivity contribution in [1.82, 2.24) is 0 Å². The topological polar surface area (TPSA) is 92.5 Å². The maximum atomic E-state index is 13.7. The Bertz CT molecular complexity index is 435. The van der Waals surface area contributed by atoms with E-state index in [4.69, 9.17) is 5.73 Å². The molecule has 0 amide bonds. The molecule has 0 bridgehead atoms. The van der Waals surface area contributed by atoms with E-state index in [9.17, 15) is 9.18 Å². The van der Waals surface area contributed by atoms with Crippen LogP contribution in [0.25, 0.3) is 0 Å². The summed E-state index contributed by atoms with van der Waals surface area (Å²) in [5.41, 5.74) is 5.61. The number of amidine groups is 2. The number of alkyl halides is 1. The van der Waals surface area contributed by atoms with Gasteiger partial charge in [0.2, 0.25) is 5.78 Å². The van der Waals surface area contributed by atoms with Crippen LogP contribution in [0.5, 0.6) is 0 Å². The van der Waals surface area contributed by atoms with Crippen molar-refractivity contribution in [3.05, 3.63) is 0 Å². The zero-order chi connectivity index (χ0) is 10.3. The number of carbonyl (C=O) groups is 1. The van der Waals surface area contributed by atoms with E-state index < -0.39 is 11.7 Å². The van der Waals surface area contributed by atoms with Crippen LogP contribution in [0, 0.1) is 0 Å². The average Bonchev–Trinajstić information content (AvgIpc) is 2.51. The van der Waals surface area contributed by atoms with Crippen molar-refractivity contribution in [2.24, 2.45) is 25.7 Å². The zero-order valence-electron chi connectivity index (χ0n) is 7.23. The van der Waals surface area contributed by atoms with E-state index in [2.05, 4.69) is 20.0 Å². The molecule has 14 heavy (non-hydrogen) atoms. The first-order valence-corrected chi connectivity index (χ1v) is 3.79. The number of nitrogens with two attached hydrogens (primary N) is 1. The van der Waals surface area contributed by atoms with Gasteiger partial charge in [-0.15, -0.1) is 0 Å². The van der Waals surface area contributed by atoms with Crippen LogP contribution in [0.2, 0.25) is 0 Å². The minimum atomic E-state index is -2.64. The number of halogens is 1.